The van der Waals surface area contributed by atoms with Crippen molar-refractivity contribution < 1.29 is 9.84 Å². The number of aliphatic hydroxyl groups excluding tert-OH is 1. The fourth-order valence-electron chi connectivity index (χ4n) is 2.66. The largest absolute Gasteiger partial charge is 0.497 e. The van der Waals surface area contributed by atoms with Gasteiger partial charge in [0.2, 0.25) is 0 Å². The lowest BCUT2D eigenvalue weighted by Crippen LogP contribution is -2.24. The SMILES string of the molecule is COc1ccc2c(c1)c(Nc1cccc(Cl)c1)nn2CC(C)(C)CO. The molecule has 0 amide bonds. The summed E-state index contributed by atoms with van der Waals surface area (Å²) in [4.78, 5) is 0. The number of ether oxygens (including phenoxy) is 1. The summed E-state index contributed by atoms with van der Waals surface area (Å²) in [5, 5.41) is 19.3. The summed E-state index contributed by atoms with van der Waals surface area (Å²) in [5.74, 6) is 1.49. The van der Waals surface area contributed by atoms with Gasteiger partial charge in [-0.2, -0.15) is 5.10 Å². The smallest absolute Gasteiger partial charge is 0.160 e. The number of halogens is 1. The molecule has 2 N–H and O–H groups in total. The van der Waals surface area contributed by atoms with E-state index in [1.807, 2.05) is 61.0 Å². The van der Waals surface area contributed by atoms with Crippen LogP contribution in [-0.4, -0.2) is 28.6 Å². The average Bonchev–Trinajstić information content (AvgIpc) is 2.91. The molecule has 0 bridgehead atoms. The number of fused-ring (bicyclic) bond motifs is 1. The third-order valence-corrected chi connectivity index (χ3v) is 4.29. The molecule has 0 spiro atoms. The zero-order chi connectivity index (χ0) is 18.0. The third kappa shape index (κ3) is 3.89. The number of nitrogens with zero attached hydrogens (tertiary/aromatic N) is 2. The maximum atomic E-state index is 9.59. The van der Waals surface area contributed by atoms with Crippen molar-refractivity contribution in [1.29, 1.82) is 0 Å². The van der Waals surface area contributed by atoms with Crippen LogP contribution in [-0.2, 0) is 6.54 Å². The third-order valence-electron chi connectivity index (χ3n) is 4.05. The average molecular weight is 360 g/mol. The highest BCUT2D eigenvalue weighted by molar-refractivity contribution is 6.30. The molecule has 0 radical (unpaired) electrons. The van der Waals surface area contributed by atoms with E-state index >= 15 is 0 Å². The van der Waals surface area contributed by atoms with Crippen molar-refractivity contribution in [3.63, 3.8) is 0 Å². The van der Waals surface area contributed by atoms with Gasteiger partial charge in [0.15, 0.2) is 5.82 Å². The summed E-state index contributed by atoms with van der Waals surface area (Å²) >= 11 is 6.07. The number of methoxy groups -OCH3 is 1. The molecule has 1 heterocycles. The number of hydrogen-bond donors (Lipinski definition) is 2. The predicted octanol–water partition coefficient (Wildman–Crippen LogP) is 4.46. The van der Waals surface area contributed by atoms with Gasteiger partial charge in [-0.05, 0) is 36.4 Å². The Hall–Kier alpha value is -2.24. The van der Waals surface area contributed by atoms with E-state index in [0.29, 0.717) is 11.6 Å². The summed E-state index contributed by atoms with van der Waals surface area (Å²) < 4.78 is 7.27. The highest BCUT2D eigenvalue weighted by Crippen LogP contribution is 2.31. The predicted molar refractivity (Wildman–Crippen MR) is 102 cm³/mol. The monoisotopic (exact) mass is 359 g/mol. The zero-order valence-electron chi connectivity index (χ0n) is 14.6. The molecule has 0 fully saturated rings. The van der Waals surface area contributed by atoms with E-state index in [9.17, 15) is 5.11 Å². The minimum Gasteiger partial charge on any atom is -0.497 e. The fourth-order valence-corrected chi connectivity index (χ4v) is 2.85. The van der Waals surface area contributed by atoms with Crippen LogP contribution in [0.15, 0.2) is 42.5 Å². The molecule has 3 aromatic rings. The number of aromatic nitrogens is 2. The molecule has 0 saturated carbocycles. The van der Waals surface area contributed by atoms with Gasteiger partial charge in [0.1, 0.15) is 5.75 Å². The first-order chi connectivity index (χ1) is 11.9. The number of anilines is 2. The van der Waals surface area contributed by atoms with E-state index in [-0.39, 0.29) is 12.0 Å². The van der Waals surface area contributed by atoms with Gasteiger partial charge >= 0.3 is 0 Å². The van der Waals surface area contributed by atoms with E-state index in [4.69, 9.17) is 21.4 Å². The standard InChI is InChI=1S/C19H22ClN3O2/c1-19(2,12-24)11-23-17-8-7-15(25-3)10-16(17)18(22-23)21-14-6-4-5-13(20)9-14/h4-10,24H,11-12H2,1-3H3,(H,21,22). The van der Waals surface area contributed by atoms with Crippen LogP contribution in [0, 0.1) is 5.41 Å². The Morgan fingerprint density at radius 2 is 2.04 bits per heavy atom. The molecule has 0 atom stereocenters. The Balaban J connectivity index is 2.06. The second-order valence-corrected chi connectivity index (χ2v) is 7.28. The molecule has 0 saturated heterocycles. The molecule has 132 valence electrons. The lowest BCUT2D eigenvalue weighted by atomic mass is 9.95. The van der Waals surface area contributed by atoms with Crippen LogP contribution in [0.3, 0.4) is 0 Å². The van der Waals surface area contributed by atoms with Crippen molar-refractivity contribution in [2.45, 2.75) is 20.4 Å². The first-order valence-electron chi connectivity index (χ1n) is 8.10. The number of hydrogen-bond acceptors (Lipinski definition) is 4. The second-order valence-electron chi connectivity index (χ2n) is 6.85. The van der Waals surface area contributed by atoms with Crippen molar-refractivity contribution in [3.05, 3.63) is 47.5 Å². The number of rotatable bonds is 6. The van der Waals surface area contributed by atoms with Crippen LogP contribution in [0.25, 0.3) is 10.9 Å². The number of aliphatic hydroxyl groups is 1. The van der Waals surface area contributed by atoms with Gasteiger partial charge < -0.3 is 15.2 Å². The van der Waals surface area contributed by atoms with Gasteiger partial charge in [-0.15, -0.1) is 0 Å². The molecule has 5 nitrogen and oxygen atoms in total. The van der Waals surface area contributed by atoms with Gasteiger partial charge in [-0.1, -0.05) is 31.5 Å². The van der Waals surface area contributed by atoms with Crippen LogP contribution >= 0.6 is 11.6 Å². The summed E-state index contributed by atoms with van der Waals surface area (Å²) in [6.07, 6.45) is 0. The summed E-state index contributed by atoms with van der Waals surface area (Å²) in [5.41, 5.74) is 1.57. The van der Waals surface area contributed by atoms with Gasteiger partial charge in [0, 0.05) is 34.7 Å². The van der Waals surface area contributed by atoms with Gasteiger partial charge in [0.25, 0.3) is 0 Å². The second kappa shape index (κ2) is 6.94. The van der Waals surface area contributed by atoms with Crippen LogP contribution < -0.4 is 10.1 Å². The summed E-state index contributed by atoms with van der Waals surface area (Å²) in [6, 6.07) is 13.4. The van der Waals surface area contributed by atoms with Crippen molar-refractivity contribution in [2.75, 3.05) is 19.0 Å². The minimum absolute atomic E-state index is 0.0849. The maximum Gasteiger partial charge on any atom is 0.160 e. The molecule has 1 aromatic heterocycles. The molecular weight excluding hydrogens is 338 g/mol. The van der Waals surface area contributed by atoms with Gasteiger partial charge in [-0.25, -0.2) is 0 Å². The highest BCUT2D eigenvalue weighted by Gasteiger charge is 2.21. The quantitative estimate of drug-likeness (QED) is 0.682. The van der Waals surface area contributed by atoms with Crippen LogP contribution in [0.1, 0.15) is 13.8 Å². The zero-order valence-corrected chi connectivity index (χ0v) is 15.3. The first kappa shape index (κ1) is 17.6. The van der Waals surface area contributed by atoms with E-state index < -0.39 is 0 Å². The van der Waals surface area contributed by atoms with Crippen LogP contribution in [0.4, 0.5) is 11.5 Å². The van der Waals surface area contributed by atoms with Crippen molar-refractivity contribution in [2.24, 2.45) is 5.41 Å². The first-order valence-corrected chi connectivity index (χ1v) is 8.48. The Morgan fingerprint density at radius 3 is 2.72 bits per heavy atom. The van der Waals surface area contributed by atoms with Crippen LogP contribution in [0.2, 0.25) is 5.02 Å². The molecule has 6 heteroatoms. The number of benzene rings is 2. The molecule has 0 aliphatic heterocycles. The van der Waals surface area contributed by atoms with Gasteiger partial charge in [0.05, 0.1) is 12.6 Å². The topological polar surface area (TPSA) is 59.3 Å². The maximum absolute atomic E-state index is 9.59. The summed E-state index contributed by atoms with van der Waals surface area (Å²) in [6.45, 7) is 4.70. The fraction of sp³-hybridized carbons (Fsp3) is 0.316. The highest BCUT2D eigenvalue weighted by atomic mass is 35.5. The van der Waals surface area contributed by atoms with E-state index in [1.165, 1.54) is 0 Å². The van der Waals surface area contributed by atoms with Crippen molar-refractivity contribution in [3.8, 4) is 5.75 Å². The van der Waals surface area contributed by atoms with Crippen molar-refractivity contribution in [1.82, 2.24) is 9.78 Å². The van der Waals surface area contributed by atoms with E-state index in [2.05, 4.69) is 5.32 Å². The Morgan fingerprint density at radius 1 is 1.24 bits per heavy atom. The van der Waals surface area contributed by atoms with Crippen LogP contribution in [0.5, 0.6) is 5.75 Å². The normalized spacial score (nSPS) is 11.7. The Kier molecular flexibility index (Phi) is 4.88. The lowest BCUT2D eigenvalue weighted by Gasteiger charge is -2.21. The number of nitrogens with one attached hydrogen (secondary N) is 1. The van der Waals surface area contributed by atoms with Gasteiger partial charge in [-0.3, -0.25) is 4.68 Å². The molecule has 25 heavy (non-hydrogen) atoms. The molecule has 0 unspecified atom stereocenters. The Bertz CT molecular complexity index is 890. The molecule has 2 aromatic carbocycles. The van der Waals surface area contributed by atoms with Crippen molar-refractivity contribution >= 4 is 34.0 Å². The molecule has 0 aliphatic carbocycles. The molecule has 3 rings (SSSR count). The minimum atomic E-state index is -0.272. The molecule has 0 aliphatic rings. The Labute approximate surface area is 152 Å². The van der Waals surface area contributed by atoms with E-state index in [1.54, 1.807) is 7.11 Å². The van der Waals surface area contributed by atoms with E-state index in [0.717, 1.165) is 28.2 Å². The summed E-state index contributed by atoms with van der Waals surface area (Å²) in [7, 11) is 1.64. The molecular formula is C19H22ClN3O2. The lowest BCUT2D eigenvalue weighted by molar-refractivity contribution is 0.138.